The third kappa shape index (κ3) is 3.39. The van der Waals surface area contributed by atoms with E-state index in [-0.39, 0.29) is 0 Å². The van der Waals surface area contributed by atoms with Crippen molar-refractivity contribution < 1.29 is 0 Å². The van der Waals surface area contributed by atoms with Crippen LogP contribution in [0.1, 0.15) is 25.5 Å². The lowest BCUT2D eigenvalue weighted by atomic mass is 10.4. The fourth-order valence-corrected chi connectivity index (χ4v) is 1.46. The molecule has 3 heteroatoms. The molecule has 0 aliphatic heterocycles. The maximum absolute atomic E-state index is 4.25. The van der Waals surface area contributed by atoms with E-state index in [1.165, 1.54) is 0 Å². The van der Waals surface area contributed by atoms with E-state index in [0.717, 1.165) is 5.56 Å². The number of rotatable bonds is 1. The van der Waals surface area contributed by atoms with Gasteiger partial charge in [-0.05, 0) is 13.8 Å². The zero-order valence-electron chi connectivity index (χ0n) is 9.63. The Labute approximate surface area is 87.3 Å². The summed E-state index contributed by atoms with van der Waals surface area (Å²) in [5.41, 5.74) is 4.35. The molecule has 0 atom stereocenters. The first-order chi connectivity index (χ1) is 6.38. The summed E-state index contributed by atoms with van der Waals surface area (Å²) in [4.78, 5) is 0. The van der Waals surface area contributed by atoms with Crippen molar-refractivity contribution in [3.63, 3.8) is 0 Å². The van der Waals surface area contributed by atoms with Crippen molar-refractivity contribution in [1.29, 1.82) is 0 Å². The molecule has 0 aliphatic carbocycles. The van der Waals surface area contributed by atoms with Crippen LogP contribution in [0.15, 0.2) is 12.4 Å². The van der Waals surface area contributed by atoms with Crippen LogP contribution in [0.3, 0.4) is 0 Å². The fourth-order valence-electron chi connectivity index (χ4n) is 0.945. The van der Waals surface area contributed by atoms with Crippen molar-refractivity contribution in [2.24, 2.45) is 0 Å². The van der Waals surface area contributed by atoms with Crippen molar-refractivity contribution in [2.45, 2.75) is 39.5 Å². The van der Waals surface area contributed by atoms with Gasteiger partial charge in [0.25, 0.3) is 0 Å². The Hall–Kier alpha value is -1.01. The smallest absolute Gasteiger partial charge is 0.129 e. The summed E-state index contributed by atoms with van der Waals surface area (Å²) in [5.74, 6) is 3.19. The van der Waals surface area contributed by atoms with Gasteiger partial charge in [-0.2, -0.15) is 5.10 Å². The molecule has 1 aromatic heterocycles. The van der Waals surface area contributed by atoms with Gasteiger partial charge in [-0.3, -0.25) is 4.68 Å². The first kappa shape index (κ1) is 11.1. The van der Waals surface area contributed by atoms with Gasteiger partial charge in [-0.1, -0.05) is 25.6 Å². The fraction of sp³-hybridized carbons (Fsp3) is 0.545. The number of aromatic nitrogens is 2. The van der Waals surface area contributed by atoms with Crippen LogP contribution in [0.2, 0.25) is 19.6 Å². The van der Waals surface area contributed by atoms with Crippen LogP contribution in [0.25, 0.3) is 0 Å². The molecule has 14 heavy (non-hydrogen) atoms. The molecule has 0 saturated carbocycles. The second-order valence-electron chi connectivity index (χ2n) is 4.80. The van der Waals surface area contributed by atoms with E-state index in [9.17, 15) is 0 Å². The average molecular weight is 206 g/mol. The Morgan fingerprint density at radius 1 is 1.36 bits per heavy atom. The summed E-state index contributed by atoms with van der Waals surface area (Å²) in [5, 5.41) is 4.25. The van der Waals surface area contributed by atoms with Crippen LogP contribution < -0.4 is 0 Å². The molecule has 76 valence electrons. The third-order valence-electron chi connectivity index (χ3n) is 1.71. The Morgan fingerprint density at radius 3 is 2.43 bits per heavy atom. The highest BCUT2D eigenvalue weighted by Gasteiger charge is 2.07. The van der Waals surface area contributed by atoms with E-state index in [1.54, 1.807) is 0 Å². The van der Waals surface area contributed by atoms with Gasteiger partial charge >= 0.3 is 0 Å². The zero-order chi connectivity index (χ0) is 10.8. The number of hydrogen-bond donors (Lipinski definition) is 0. The molecule has 0 N–H and O–H groups in total. The third-order valence-corrected chi connectivity index (χ3v) is 2.59. The standard InChI is InChI=1S/C11H18N2Si/c1-10(2)13-9-11(8-12-13)6-7-14(3,4)5/h8-10H,1-5H3. The van der Waals surface area contributed by atoms with Crippen molar-refractivity contribution in [2.75, 3.05) is 0 Å². The largest absolute Gasteiger partial charge is 0.269 e. The lowest BCUT2D eigenvalue weighted by Gasteiger charge is -2.03. The van der Waals surface area contributed by atoms with E-state index in [2.05, 4.69) is 50.1 Å². The van der Waals surface area contributed by atoms with Gasteiger partial charge in [-0.25, -0.2) is 0 Å². The minimum atomic E-state index is -1.26. The molecule has 0 radical (unpaired) electrons. The molecule has 0 fully saturated rings. The van der Waals surface area contributed by atoms with E-state index >= 15 is 0 Å². The number of hydrogen-bond acceptors (Lipinski definition) is 1. The van der Waals surface area contributed by atoms with Crippen molar-refractivity contribution in [1.82, 2.24) is 9.78 Å². The van der Waals surface area contributed by atoms with E-state index < -0.39 is 8.07 Å². The Kier molecular flexibility index (Phi) is 3.17. The minimum absolute atomic E-state index is 0.414. The van der Waals surface area contributed by atoms with Crippen LogP contribution in [0.4, 0.5) is 0 Å². The van der Waals surface area contributed by atoms with Crippen LogP contribution >= 0.6 is 0 Å². The predicted molar refractivity (Wildman–Crippen MR) is 62.8 cm³/mol. The Balaban J connectivity index is 2.82. The van der Waals surface area contributed by atoms with Crippen LogP contribution in [0.5, 0.6) is 0 Å². The lowest BCUT2D eigenvalue weighted by molar-refractivity contribution is 0.532. The molecular formula is C11H18N2Si. The van der Waals surface area contributed by atoms with Crippen LogP contribution in [0, 0.1) is 11.5 Å². The minimum Gasteiger partial charge on any atom is -0.269 e. The Morgan fingerprint density at radius 2 is 2.00 bits per heavy atom. The molecule has 1 rings (SSSR count). The molecule has 2 nitrogen and oxygen atoms in total. The lowest BCUT2D eigenvalue weighted by Crippen LogP contribution is -2.16. The van der Waals surface area contributed by atoms with Crippen molar-refractivity contribution in [3.8, 4) is 11.5 Å². The molecule has 0 amide bonds. The molecule has 1 heterocycles. The number of nitrogens with zero attached hydrogens (tertiary/aromatic N) is 2. The van der Waals surface area contributed by atoms with Gasteiger partial charge in [0.1, 0.15) is 8.07 Å². The second-order valence-corrected chi connectivity index (χ2v) is 9.55. The van der Waals surface area contributed by atoms with E-state index in [4.69, 9.17) is 0 Å². The van der Waals surface area contributed by atoms with Gasteiger partial charge < -0.3 is 0 Å². The van der Waals surface area contributed by atoms with Crippen molar-refractivity contribution in [3.05, 3.63) is 18.0 Å². The molecular weight excluding hydrogens is 188 g/mol. The van der Waals surface area contributed by atoms with E-state index in [1.807, 2.05) is 17.1 Å². The quantitative estimate of drug-likeness (QED) is 0.510. The van der Waals surface area contributed by atoms with Gasteiger partial charge in [-0.15, -0.1) is 5.54 Å². The molecule has 0 bridgehead atoms. The molecule has 0 saturated heterocycles. The van der Waals surface area contributed by atoms with Gasteiger partial charge in [0.2, 0.25) is 0 Å². The molecule has 0 spiro atoms. The summed E-state index contributed by atoms with van der Waals surface area (Å²) < 4.78 is 1.94. The summed E-state index contributed by atoms with van der Waals surface area (Å²) >= 11 is 0. The summed E-state index contributed by atoms with van der Waals surface area (Å²) in [6.45, 7) is 11.0. The Bertz CT molecular complexity index is 361. The van der Waals surface area contributed by atoms with Crippen LogP contribution in [-0.2, 0) is 0 Å². The van der Waals surface area contributed by atoms with Crippen molar-refractivity contribution >= 4 is 8.07 Å². The first-order valence-electron chi connectivity index (χ1n) is 4.96. The maximum atomic E-state index is 4.25. The highest BCUT2D eigenvalue weighted by molar-refractivity contribution is 6.83. The average Bonchev–Trinajstić information content (AvgIpc) is 2.47. The highest BCUT2D eigenvalue weighted by atomic mass is 28.3. The molecule has 0 aliphatic rings. The van der Waals surface area contributed by atoms with E-state index in [0.29, 0.717) is 6.04 Å². The normalized spacial score (nSPS) is 11.3. The first-order valence-corrected chi connectivity index (χ1v) is 8.46. The second kappa shape index (κ2) is 4.01. The van der Waals surface area contributed by atoms with Gasteiger partial charge in [0.15, 0.2) is 0 Å². The maximum Gasteiger partial charge on any atom is 0.129 e. The summed E-state index contributed by atoms with van der Waals surface area (Å²) in [6.07, 6.45) is 3.85. The zero-order valence-corrected chi connectivity index (χ0v) is 10.6. The SMILES string of the molecule is CC(C)n1cc(C#C[Si](C)(C)C)cn1. The molecule has 1 aromatic rings. The highest BCUT2D eigenvalue weighted by Crippen LogP contribution is 2.04. The monoisotopic (exact) mass is 206 g/mol. The summed E-state index contributed by atoms with van der Waals surface area (Å²) in [7, 11) is -1.26. The summed E-state index contributed by atoms with van der Waals surface area (Å²) in [6, 6.07) is 0.414. The molecule has 0 aromatic carbocycles. The molecule has 0 unspecified atom stereocenters. The van der Waals surface area contributed by atoms with Gasteiger partial charge in [0.05, 0.1) is 11.8 Å². The topological polar surface area (TPSA) is 17.8 Å². The van der Waals surface area contributed by atoms with Crippen LogP contribution in [-0.4, -0.2) is 17.9 Å². The van der Waals surface area contributed by atoms with Gasteiger partial charge in [0, 0.05) is 12.2 Å². The predicted octanol–water partition coefficient (Wildman–Crippen LogP) is 2.69.